The van der Waals surface area contributed by atoms with Crippen molar-refractivity contribution in [2.45, 2.75) is 121 Å². The number of unbranched alkanes of at least 4 members (excludes halogenated alkanes) is 1. The number of nitrogens with one attached hydrogen (secondary N) is 2. The molecule has 4 heterocycles. The summed E-state index contributed by atoms with van der Waals surface area (Å²) in [6, 6.07) is 27.2. The van der Waals surface area contributed by atoms with Crippen molar-refractivity contribution >= 4 is 68.3 Å². The number of ether oxygens (including phenoxy) is 3. The van der Waals surface area contributed by atoms with Crippen molar-refractivity contribution in [3.05, 3.63) is 141 Å². The Kier molecular flexibility index (Phi) is 17.5. The van der Waals surface area contributed by atoms with Gasteiger partial charge in [0.2, 0.25) is 17.7 Å². The number of aryl methyl sites for hydroxylation is 2. The number of amides is 5. The molecule has 0 saturated heterocycles. The minimum absolute atomic E-state index is 0.000734. The molecule has 9 rings (SSSR count). The quantitative estimate of drug-likeness (QED) is 0.0487. The smallest absolute Gasteiger partial charge is 0.272 e. The van der Waals surface area contributed by atoms with E-state index in [1.54, 1.807) is 49.3 Å². The Labute approximate surface area is 466 Å². The van der Waals surface area contributed by atoms with Crippen molar-refractivity contribution in [3.8, 4) is 17.2 Å². The van der Waals surface area contributed by atoms with E-state index in [4.69, 9.17) is 18.4 Å². The number of ketones is 2. The van der Waals surface area contributed by atoms with Crippen LogP contribution in [0, 0.1) is 6.92 Å². The molecule has 3 atom stereocenters. The van der Waals surface area contributed by atoms with E-state index in [1.807, 2.05) is 66.4 Å². The van der Waals surface area contributed by atoms with E-state index >= 15 is 0 Å². The highest BCUT2D eigenvalue weighted by atomic mass is 32.2. The molecule has 0 bridgehead atoms. The molecule has 0 spiro atoms. The van der Waals surface area contributed by atoms with E-state index in [9.17, 15) is 42.0 Å². The Morgan fingerprint density at radius 3 is 1.98 bits per heavy atom. The maximum atomic E-state index is 14.4. The number of methoxy groups -OCH3 is 1. The SMILES string of the molecule is CNC(=O)CCCCC(=O)CCC(=O)NCC(=O)CCC(=O)N(C)c1cc(COc2cc3c(cc2C)C(=O)N2c4ccccc4C[C@H]2C(S(=O)(=O)OC)C3)cc(COc2cc3c(cc2OC)C(=O)N2c4ccccc4C[C@H]2CC3)c1. The number of fused-ring (bicyclic) bond motifs is 8. The van der Waals surface area contributed by atoms with Gasteiger partial charge in [0.25, 0.3) is 21.9 Å². The first-order valence-electron chi connectivity index (χ1n) is 27.1. The summed E-state index contributed by atoms with van der Waals surface area (Å²) in [5.41, 5.74) is 8.23. The van der Waals surface area contributed by atoms with Gasteiger partial charge < -0.3 is 39.5 Å². The average Bonchev–Trinajstić information content (AvgIpc) is 4.21. The van der Waals surface area contributed by atoms with Gasteiger partial charge in [0.1, 0.15) is 30.0 Å². The minimum Gasteiger partial charge on any atom is -0.493 e. The number of Topliss-reactive ketones (excluding diaryl/α,β-unsaturated/α-hetero) is 2. The lowest BCUT2D eigenvalue weighted by Gasteiger charge is -2.28. The van der Waals surface area contributed by atoms with E-state index < -0.39 is 27.3 Å². The third kappa shape index (κ3) is 12.4. The maximum absolute atomic E-state index is 14.4. The van der Waals surface area contributed by atoms with Crippen LogP contribution in [0.5, 0.6) is 17.2 Å². The Morgan fingerprint density at radius 2 is 1.27 bits per heavy atom. The van der Waals surface area contributed by atoms with Crippen molar-refractivity contribution < 1.29 is 60.4 Å². The number of anilines is 3. The zero-order valence-corrected chi connectivity index (χ0v) is 46.6. The van der Waals surface area contributed by atoms with Gasteiger partial charge >= 0.3 is 0 Å². The van der Waals surface area contributed by atoms with Crippen molar-refractivity contribution in [1.82, 2.24) is 10.6 Å². The fourth-order valence-corrected chi connectivity index (χ4v) is 12.5. The van der Waals surface area contributed by atoms with Crippen LogP contribution in [0.1, 0.15) is 117 Å². The first kappa shape index (κ1) is 56.8. The van der Waals surface area contributed by atoms with E-state index in [-0.39, 0.29) is 99.5 Å². The summed E-state index contributed by atoms with van der Waals surface area (Å²) in [5.74, 6) is -0.606. The van der Waals surface area contributed by atoms with Crippen LogP contribution in [0.15, 0.2) is 91.0 Å². The van der Waals surface area contributed by atoms with E-state index in [0.29, 0.717) is 94.1 Å². The fraction of sp³-hybridized carbons (Fsp3) is 0.393. The van der Waals surface area contributed by atoms with Gasteiger partial charge in [-0.15, -0.1) is 0 Å². The Bertz CT molecular complexity index is 3380. The predicted octanol–water partition coefficient (Wildman–Crippen LogP) is 7.24. The molecule has 0 aliphatic carbocycles. The highest BCUT2D eigenvalue weighted by Gasteiger charge is 2.48. The summed E-state index contributed by atoms with van der Waals surface area (Å²) >= 11 is 0. The van der Waals surface area contributed by atoms with Gasteiger partial charge in [0, 0.05) is 86.9 Å². The molecule has 420 valence electrons. The molecule has 0 saturated carbocycles. The third-order valence-electron chi connectivity index (χ3n) is 15.7. The summed E-state index contributed by atoms with van der Waals surface area (Å²) in [6.45, 7) is 1.49. The van der Waals surface area contributed by atoms with Gasteiger partial charge in [-0.05, 0) is 145 Å². The van der Waals surface area contributed by atoms with Crippen LogP contribution < -0.4 is 39.5 Å². The summed E-state index contributed by atoms with van der Waals surface area (Å²) in [4.78, 5) is 96.6. The summed E-state index contributed by atoms with van der Waals surface area (Å²) < 4.78 is 51.2. The van der Waals surface area contributed by atoms with Crippen LogP contribution in [0.4, 0.5) is 17.1 Å². The summed E-state index contributed by atoms with van der Waals surface area (Å²) in [6.07, 6.45) is 3.82. The molecular formula is C61H67N5O13S. The molecule has 1 unspecified atom stereocenters. The van der Waals surface area contributed by atoms with Crippen LogP contribution >= 0.6 is 0 Å². The number of hydrogen-bond donors (Lipinski definition) is 2. The van der Waals surface area contributed by atoms with Crippen LogP contribution in [-0.4, -0.2) is 102 Å². The molecule has 0 radical (unpaired) electrons. The average molecular weight is 1110 g/mol. The lowest BCUT2D eigenvalue weighted by Crippen LogP contribution is -2.47. The molecule has 5 aromatic rings. The van der Waals surface area contributed by atoms with Crippen molar-refractivity contribution in [2.75, 3.05) is 49.6 Å². The van der Waals surface area contributed by atoms with E-state index in [1.165, 1.54) is 12.0 Å². The first-order valence-corrected chi connectivity index (χ1v) is 28.6. The molecule has 4 aliphatic heterocycles. The van der Waals surface area contributed by atoms with Crippen LogP contribution in [0.25, 0.3) is 0 Å². The molecule has 4 aliphatic rings. The molecule has 5 amide bonds. The van der Waals surface area contributed by atoms with Gasteiger partial charge in [0.15, 0.2) is 17.3 Å². The Hall–Kier alpha value is -7.90. The van der Waals surface area contributed by atoms with Crippen molar-refractivity contribution in [2.24, 2.45) is 0 Å². The summed E-state index contributed by atoms with van der Waals surface area (Å²) in [5, 5.41) is 4.02. The lowest BCUT2D eigenvalue weighted by molar-refractivity contribution is -0.127. The summed E-state index contributed by atoms with van der Waals surface area (Å²) in [7, 11) is 1.67. The second-order valence-corrected chi connectivity index (χ2v) is 22.8. The number of carbonyl (C=O) groups excluding carboxylic acids is 7. The number of rotatable bonds is 23. The standard InChI is InChI=1S/C61H67N5O13S/c1-37-24-48-43(32-56(80(74,75)77-5)52-29-42-13-7-10-16-51(42)66(52)61(48)73)31-53(37)78-35-38-25-39(36-79-55-30-40-18-19-44-28-41-12-6-9-15-50(41)65(44)60(72)49(40)33-54(55)76-4)27-45(26-38)64(3)59(71)23-21-47(68)34-63-58(70)22-20-46(67)14-8-11-17-57(69)62-2/h6-7,9-10,12-13,15-16,24-27,30-31,33,44,52,56H,8,11,14,17-23,28-29,32,34-36H2,1-5H3,(H,62,69)(H,63,70)/t44-,52+,56?/m1/s1. The first-order chi connectivity index (χ1) is 38.5. The number of hydrogen-bond acceptors (Lipinski definition) is 13. The molecule has 0 aromatic heterocycles. The number of carbonyl (C=O) groups is 7. The van der Waals surface area contributed by atoms with Crippen molar-refractivity contribution in [3.63, 3.8) is 0 Å². The van der Waals surface area contributed by atoms with E-state index in [0.717, 1.165) is 42.3 Å². The Balaban J connectivity index is 0.919. The number of nitrogens with zero attached hydrogens (tertiary/aromatic N) is 3. The second-order valence-electron chi connectivity index (χ2n) is 20.9. The number of para-hydroxylation sites is 2. The zero-order chi connectivity index (χ0) is 56.8. The van der Waals surface area contributed by atoms with Crippen LogP contribution in [0.3, 0.4) is 0 Å². The van der Waals surface area contributed by atoms with Crippen LogP contribution in [-0.2, 0) is 77.2 Å². The highest BCUT2D eigenvalue weighted by Crippen LogP contribution is 2.43. The largest absolute Gasteiger partial charge is 0.493 e. The van der Waals surface area contributed by atoms with Crippen LogP contribution in [0.2, 0.25) is 0 Å². The second kappa shape index (κ2) is 24.6. The number of benzene rings is 5. The predicted molar refractivity (Wildman–Crippen MR) is 300 cm³/mol. The topological polar surface area (TPSA) is 224 Å². The monoisotopic (exact) mass is 1110 g/mol. The molecule has 2 N–H and O–H groups in total. The zero-order valence-electron chi connectivity index (χ0n) is 45.8. The Morgan fingerprint density at radius 1 is 0.650 bits per heavy atom. The fourth-order valence-electron chi connectivity index (χ4n) is 11.3. The maximum Gasteiger partial charge on any atom is 0.272 e. The van der Waals surface area contributed by atoms with Gasteiger partial charge in [0.05, 0.1) is 26.8 Å². The lowest BCUT2D eigenvalue weighted by atomic mass is 9.97. The molecule has 5 aromatic carbocycles. The normalized spacial score (nSPS) is 16.9. The van der Waals surface area contributed by atoms with Gasteiger partial charge in [-0.3, -0.25) is 37.7 Å². The molecular weight excluding hydrogens is 1040 g/mol. The van der Waals surface area contributed by atoms with Gasteiger partial charge in [-0.25, -0.2) is 0 Å². The van der Waals surface area contributed by atoms with E-state index in [2.05, 4.69) is 16.7 Å². The highest BCUT2D eigenvalue weighted by molar-refractivity contribution is 7.87. The molecule has 80 heavy (non-hydrogen) atoms. The minimum atomic E-state index is -4.12. The van der Waals surface area contributed by atoms with Crippen molar-refractivity contribution in [1.29, 1.82) is 0 Å². The van der Waals surface area contributed by atoms with Gasteiger partial charge in [-0.2, -0.15) is 8.42 Å². The van der Waals surface area contributed by atoms with Gasteiger partial charge in [-0.1, -0.05) is 36.4 Å². The molecule has 0 fully saturated rings. The molecule has 19 heteroatoms. The third-order valence-corrected chi connectivity index (χ3v) is 17.4. The molecule has 18 nitrogen and oxygen atoms in total.